The van der Waals surface area contributed by atoms with Gasteiger partial charge in [0, 0.05) is 18.9 Å². The summed E-state index contributed by atoms with van der Waals surface area (Å²) in [4.78, 5) is 21.8. The maximum absolute atomic E-state index is 12.5. The highest BCUT2D eigenvalue weighted by Crippen LogP contribution is 2.33. The number of aliphatic hydroxyl groups is 1. The summed E-state index contributed by atoms with van der Waals surface area (Å²) in [6.07, 6.45) is 6.13. The number of carbonyl (C=O) groups excluding carboxylic acids is 1. The molecule has 0 saturated carbocycles. The Bertz CT molecular complexity index is 699. The fourth-order valence-corrected chi connectivity index (χ4v) is 3.56. The minimum atomic E-state index is -0.945. The molecule has 0 bridgehead atoms. The van der Waals surface area contributed by atoms with Gasteiger partial charge >= 0.3 is 0 Å². The van der Waals surface area contributed by atoms with Gasteiger partial charge in [-0.1, -0.05) is 11.3 Å². The van der Waals surface area contributed by atoms with E-state index in [9.17, 15) is 9.90 Å². The summed E-state index contributed by atoms with van der Waals surface area (Å²) in [6, 6.07) is 0. The molecule has 0 saturated heterocycles. The Kier molecular flexibility index (Phi) is 3.78. The first-order valence-electron chi connectivity index (χ1n) is 7.36. The molecule has 2 N–H and O–H groups in total. The molecule has 7 heteroatoms. The number of amides is 1. The van der Waals surface area contributed by atoms with Crippen LogP contribution in [0, 0.1) is 0 Å². The van der Waals surface area contributed by atoms with Crippen molar-refractivity contribution in [2.24, 2.45) is 7.05 Å². The highest BCUT2D eigenvalue weighted by atomic mass is 32.1. The van der Waals surface area contributed by atoms with Gasteiger partial charge in [0.05, 0.1) is 28.4 Å². The Morgan fingerprint density at radius 3 is 2.95 bits per heavy atom. The number of aromatic nitrogens is 3. The number of carbonyl (C=O) groups is 1. The first-order chi connectivity index (χ1) is 10.4. The standard InChI is InChI=1S/C15H20N4O2S/c1-15(2,21)11-7-16-14(22-11)18-13(20)9-5-4-6-10-12(9)17-8-19(10)3/h7-9,21H,4-6H2,1-3H3,(H,16,18,20). The average molecular weight is 320 g/mol. The molecule has 2 aromatic heterocycles. The molecule has 1 amide bonds. The van der Waals surface area contributed by atoms with Crippen LogP contribution in [0.5, 0.6) is 0 Å². The fourth-order valence-electron chi connectivity index (χ4n) is 2.74. The molecule has 2 aromatic rings. The summed E-state index contributed by atoms with van der Waals surface area (Å²) in [5.41, 5.74) is 1.08. The third-order valence-corrected chi connectivity index (χ3v) is 5.21. The van der Waals surface area contributed by atoms with Crippen molar-refractivity contribution in [1.29, 1.82) is 0 Å². The topological polar surface area (TPSA) is 80.0 Å². The van der Waals surface area contributed by atoms with E-state index in [1.165, 1.54) is 11.3 Å². The number of fused-ring (bicyclic) bond motifs is 1. The van der Waals surface area contributed by atoms with Gasteiger partial charge in [-0.05, 0) is 33.1 Å². The third-order valence-electron chi connectivity index (χ3n) is 3.98. The van der Waals surface area contributed by atoms with Gasteiger partial charge in [-0.2, -0.15) is 0 Å². The number of rotatable bonds is 3. The molecule has 22 heavy (non-hydrogen) atoms. The molecule has 2 heterocycles. The second kappa shape index (κ2) is 5.48. The van der Waals surface area contributed by atoms with E-state index in [4.69, 9.17) is 0 Å². The van der Waals surface area contributed by atoms with Gasteiger partial charge in [0.2, 0.25) is 5.91 Å². The van der Waals surface area contributed by atoms with Crippen LogP contribution in [0.3, 0.4) is 0 Å². The summed E-state index contributed by atoms with van der Waals surface area (Å²) in [5, 5.41) is 13.3. The summed E-state index contributed by atoms with van der Waals surface area (Å²) in [7, 11) is 1.96. The number of aryl methyl sites for hydroxylation is 1. The molecular formula is C15H20N4O2S. The molecule has 1 atom stereocenters. The van der Waals surface area contributed by atoms with Crippen molar-refractivity contribution >= 4 is 22.4 Å². The zero-order valence-corrected chi connectivity index (χ0v) is 13.8. The van der Waals surface area contributed by atoms with Crippen LogP contribution in [-0.4, -0.2) is 25.5 Å². The van der Waals surface area contributed by atoms with Crippen molar-refractivity contribution in [3.8, 4) is 0 Å². The smallest absolute Gasteiger partial charge is 0.235 e. The first kappa shape index (κ1) is 15.2. The van der Waals surface area contributed by atoms with Crippen molar-refractivity contribution in [3.05, 3.63) is 28.8 Å². The summed E-state index contributed by atoms with van der Waals surface area (Å²) in [6.45, 7) is 3.40. The van der Waals surface area contributed by atoms with E-state index >= 15 is 0 Å². The Labute approximate surface area is 133 Å². The average Bonchev–Trinajstić information content (AvgIpc) is 3.06. The predicted molar refractivity (Wildman–Crippen MR) is 84.9 cm³/mol. The van der Waals surface area contributed by atoms with Crippen molar-refractivity contribution in [2.75, 3.05) is 5.32 Å². The number of hydrogen-bond acceptors (Lipinski definition) is 5. The van der Waals surface area contributed by atoms with Gasteiger partial charge < -0.3 is 15.0 Å². The van der Waals surface area contributed by atoms with E-state index in [-0.39, 0.29) is 11.8 Å². The van der Waals surface area contributed by atoms with Crippen LogP contribution in [0.25, 0.3) is 0 Å². The lowest BCUT2D eigenvalue weighted by atomic mass is 9.89. The third kappa shape index (κ3) is 2.78. The van der Waals surface area contributed by atoms with Crippen molar-refractivity contribution < 1.29 is 9.90 Å². The van der Waals surface area contributed by atoms with E-state index in [1.54, 1.807) is 26.4 Å². The Morgan fingerprint density at radius 1 is 1.50 bits per heavy atom. The maximum atomic E-state index is 12.5. The number of imidazole rings is 1. The van der Waals surface area contributed by atoms with Gasteiger partial charge in [-0.15, -0.1) is 0 Å². The summed E-state index contributed by atoms with van der Waals surface area (Å²) < 4.78 is 1.99. The lowest BCUT2D eigenvalue weighted by Gasteiger charge is -2.21. The minimum Gasteiger partial charge on any atom is -0.385 e. The SMILES string of the molecule is Cn1cnc2c1CCCC2C(=O)Nc1ncc(C(C)(C)O)s1. The van der Waals surface area contributed by atoms with Gasteiger partial charge in [-0.25, -0.2) is 9.97 Å². The van der Waals surface area contributed by atoms with Crippen LogP contribution >= 0.6 is 11.3 Å². The zero-order chi connectivity index (χ0) is 15.9. The summed E-state index contributed by atoms with van der Waals surface area (Å²) in [5.74, 6) is -0.296. The highest BCUT2D eigenvalue weighted by molar-refractivity contribution is 7.15. The number of thiazole rings is 1. The molecule has 0 spiro atoms. The highest BCUT2D eigenvalue weighted by Gasteiger charge is 2.30. The van der Waals surface area contributed by atoms with Gasteiger partial charge in [0.25, 0.3) is 0 Å². The van der Waals surface area contributed by atoms with Crippen molar-refractivity contribution in [2.45, 2.75) is 44.6 Å². The quantitative estimate of drug-likeness (QED) is 0.908. The molecule has 0 fully saturated rings. The number of hydrogen-bond donors (Lipinski definition) is 2. The maximum Gasteiger partial charge on any atom is 0.235 e. The minimum absolute atomic E-state index is 0.0729. The van der Waals surface area contributed by atoms with Gasteiger partial charge in [-0.3, -0.25) is 4.79 Å². The molecule has 0 aromatic carbocycles. The van der Waals surface area contributed by atoms with Crippen molar-refractivity contribution in [1.82, 2.24) is 14.5 Å². The molecule has 3 rings (SSSR count). The van der Waals surface area contributed by atoms with Crippen molar-refractivity contribution in [3.63, 3.8) is 0 Å². The lowest BCUT2D eigenvalue weighted by molar-refractivity contribution is -0.118. The molecule has 0 radical (unpaired) electrons. The van der Waals surface area contributed by atoms with E-state index in [0.29, 0.717) is 5.13 Å². The van der Waals surface area contributed by atoms with E-state index in [2.05, 4.69) is 15.3 Å². The van der Waals surface area contributed by atoms with Crippen LogP contribution < -0.4 is 5.32 Å². The largest absolute Gasteiger partial charge is 0.385 e. The first-order valence-corrected chi connectivity index (χ1v) is 8.17. The molecular weight excluding hydrogens is 300 g/mol. The van der Waals surface area contributed by atoms with Crippen LogP contribution in [0.2, 0.25) is 0 Å². The van der Waals surface area contributed by atoms with E-state index in [0.717, 1.165) is 35.5 Å². The van der Waals surface area contributed by atoms with Crippen LogP contribution in [0.4, 0.5) is 5.13 Å². The Morgan fingerprint density at radius 2 is 2.27 bits per heavy atom. The van der Waals surface area contributed by atoms with Crippen LogP contribution in [-0.2, 0) is 23.9 Å². The monoisotopic (exact) mass is 320 g/mol. The van der Waals surface area contributed by atoms with E-state index in [1.807, 2.05) is 11.6 Å². The second-order valence-electron chi connectivity index (χ2n) is 6.21. The molecule has 118 valence electrons. The van der Waals surface area contributed by atoms with Gasteiger partial charge in [0.1, 0.15) is 0 Å². The van der Waals surface area contributed by atoms with Gasteiger partial charge in [0.15, 0.2) is 5.13 Å². The molecule has 1 unspecified atom stereocenters. The zero-order valence-electron chi connectivity index (χ0n) is 13.0. The Balaban J connectivity index is 1.77. The molecule has 0 aliphatic heterocycles. The number of anilines is 1. The normalized spacial score (nSPS) is 18.1. The molecule has 1 aliphatic carbocycles. The summed E-state index contributed by atoms with van der Waals surface area (Å²) >= 11 is 1.30. The lowest BCUT2D eigenvalue weighted by Crippen LogP contribution is -2.25. The second-order valence-corrected chi connectivity index (χ2v) is 7.24. The molecule has 6 nitrogen and oxygen atoms in total. The number of nitrogens with one attached hydrogen (secondary N) is 1. The Hall–Kier alpha value is -1.73. The predicted octanol–water partition coefficient (Wildman–Crippen LogP) is 2.16. The van der Waals surface area contributed by atoms with Crippen LogP contribution in [0.1, 0.15) is 48.9 Å². The number of nitrogens with zero attached hydrogens (tertiary/aromatic N) is 3. The van der Waals surface area contributed by atoms with Crippen LogP contribution in [0.15, 0.2) is 12.5 Å². The molecule has 1 aliphatic rings. The van der Waals surface area contributed by atoms with E-state index < -0.39 is 5.60 Å². The fraction of sp³-hybridized carbons (Fsp3) is 0.533.